The van der Waals surface area contributed by atoms with E-state index >= 15 is 0 Å². The largest absolute Gasteiger partial charge is 0.467 e. The van der Waals surface area contributed by atoms with Crippen molar-refractivity contribution in [1.82, 2.24) is 30.2 Å². The Morgan fingerprint density at radius 2 is 1.26 bits per heavy atom. The third-order valence-electron chi connectivity index (χ3n) is 15.0. The van der Waals surface area contributed by atoms with Gasteiger partial charge in [0, 0.05) is 53.4 Å². The fraction of sp³-hybridized carbons (Fsp3) is 0.724. The second-order valence-corrected chi connectivity index (χ2v) is 21.2. The lowest BCUT2D eigenvalue weighted by Crippen LogP contribution is -2.62. The number of methoxy groups -OCH3 is 3. The lowest BCUT2D eigenvalue weighted by molar-refractivity contribution is -0.150. The van der Waals surface area contributed by atoms with Gasteiger partial charge in [0.1, 0.15) is 17.6 Å². The van der Waals surface area contributed by atoms with Crippen molar-refractivity contribution < 1.29 is 81.0 Å². The van der Waals surface area contributed by atoms with Crippen LogP contribution in [0.15, 0.2) is 42.5 Å². The van der Waals surface area contributed by atoms with Crippen LogP contribution in [0.3, 0.4) is 0 Å². The molecule has 2 aliphatic heterocycles. The quantitative estimate of drug-likeness (QED) is 0.0543. The summed E-state index contributed by atoms with van der Waals surface area (Å²) in [7, 11) is 7.48. The number of hydrogen-bond acceptors (Lipinski definition) is 17. The molecule has 2 N–H and O–H groups in total. The van der Waals surface area contributed by atoms with Crippen LogP contribution in [0.5, 0.6) is 0 Å². The van der Waals surface area contributed by atoms with Gasteiger partial charge in [-0.3, -0.25) is 38.5 Å². The zero-order valence-electron chi connectivity index (χ0n) is 50.1. The molecule has 1 aromatic carbocycles. The normalized spacial score (nSPS) is 17.1. The van der Waals surface area contributed by atoms with E-state index in [4.69, 9.17) is 42.6 Å². The highest BCUT2D eigenvalue weighted by molar-refractivity contribution is 6.12. The number of ether oxygens (including phenoxy) is 9. The fourth-order valence-corrected chi connectivity index (χ4v) is 9.65. The maximum atomic E-state index is 14.6. The summed E-state index contributed by atoms with van der Waals surface area (Å²) in [6, 6.07) is 6.35. The second-order valence-electron chi connectivity index (χ2n) is 21.2. The average molecular weight is 1150 g/mol. The first kappa shape index (κ1) is 69.9. The molecule has 7 unspecified atom stereocenters. The Bertz CT molecular complexity index is 2130. The maximum absolute atomic E-state index is 14.6. The molecule has 3 rings (SSSR count). The van der Waals surface area contributed by atoms with Gasteiger partial charge in [0.25, 0.3) is 11.8 Å². The number of carbonyl (C=O) groups excluding carboxylic acids is 8. The van der Waals surface area contributed by atoms with Crippen molar-refractivity contribution in [1.29, 1.82) is 0 Å². The van der Waals surface area contributed by atoms with Gasteiger partial charge in [-0.1, -0.05) is 71.4 Å². The van der Waals surface area contributed by atoms with Crippen molar-refractivity contribution in [2.45, 2.75) is 129 Å². The number of rotatable bonds is 41. The molecule has 81 heavy (non-hydrogen) atoms. The molecule has 0 saturated carbocycles. The zero-order chi connectivity index (χ0) is 60.1. The van der Waals surface area contributed by atoms with E-state index in [-0.39, 0.29) is 93.6 Å². The average Bonchev–Trinajstić information content (AvgIpc) is 4.08. The van der Waals surface area contributed by atoms with Crippen LogP contribution in [0, 0.1) is 17.8 Å². The first-order valence-corrected chi connectivity index (χ1v) is 28.3. The predicted octanol–water partition coefficient (Wildman–Crippen LogP) is 2.60. The van der Waals surface area contributed by atoms with Crippen LogP contribution in [0.4, 0.5) is 0 Å². The molecule has 0 spiro atoms. The van der Waals surface area contributed by atoms with Crippen molar-refractivity contribution in [3.8, 4) is 0 Å². The number of nitrogens with zero attached hydrogens (tertiary/aromatic N) is 4. The molecule has 1 saturated heterocycles. The summed E-state index contributed by atoms with van der Waals surface area (Å²) >= 11 is 0. The molecule has 0 aliphatic carbocycles. The minimum Gasteiger partial charge on any atom is -0.467 e. The molecule has 2 aliphatic rings. The fourth-order valence-electron chi connectivity index (χ4n) is 9.65. The van der Waals surface area contributed by atoms with E-state index < -0.39 is 65.6 Å². The van der Waals surface area contributed by atoms with Crippen LogP contribution < -0.4 is 10.6 Å². The molecule has 23 nitrogen and oxygen atoms in total. The molecule has 8 atom stereocenters. The summed E-state index contributed by atoms with van der Waals surface area (Å²) in [5, 5.41) is 5.79. The molecule has 7 amide bonds. The molecule has 2 heterocycles. The van der Waals surface area contributed by atoms with Crippen molar-refractivity contribution >= 4 is 47.3 Å². The first-order valence-electron chi connectivity index (χ1n) is 28.3. The molecule has 0 radical (unpaired) electrons. The van der Waals surface area contributed by atoms with E-state index in [0.717, 1.165) is 10.5 Å². The number of likely N-dealkylation sites (N-methyl/N-ethyl adjacent to an activating group) is 2. The van der Waals surface area contributed by atoms with Gasteiger partial charge in [0.15, 0.2) is 0 Å². The lowest BCUT2D eigenvalue weighted by Gasteiger charge is -2.41. The Balaban J connectivity index is 1.43. The number of imide groups is 1. The van der Waals surface area contributed by atoms with Gasteiger partial charge in [0.2, 0.25) is 29.5 Å². The molecule has 0 bridgehead atoms. The van der Waals surface area contributed by atoms with Crippen LogP contribution in [0.1, 0.15) is 86.1 Å². The standard InChI is InChI=1S/C58H94N6O17/c1-13-41(4)52(46(73-10)39-50(68)63-24-17-20-45(63)53(74-11)42(5)54(69)59-44(56(71)75-12)38-43-18-15-14-16-19-43)61(8)55(70)51(40(2)3)60-57(72)58(6,7)62(9)47(65)23-26-76-28-30-78-32-34-80-36-37-81-35-33-79-31-29-77-27-25-64-48(66)21-22-49(64)67/h14-16,18-19,21-22,40-42,44-46,51-53H,13,17,20,23-39H2,1-12H3,(H,59,69)(H,60,72)/t41?,42?,44?,45-,46?,51?,52?,53?/m0/s1. The highest BCUT2D eigenvalue weighted by Gasteiger charge is 2.44. The van der Waals surface area contributed by atoms with E-state index in [0.29, 0.717) is 78.7 Å². The van der Waals surface area contributed by atoms with E-state index in [1.807, 2.05) is 58.0 Å². The molecule has 0 aromatic heterocycles. The highest BCUT2D eigenvalue weighted by Crippen LogP contribution is 2.30. The van der Waals surface area contributed by atoms with Gasteiger partial charge in [-0.25, -0.2) is 4.79 Å². The Labute approximate surface area is 479 Å². The molecule has 458 valence electrons. The molecular weight excluding hydrogens is 1050 g/mol. The third-order valence-corrected chi connectivity index (χ3v) is 15.0. The van der Waals surface area contributed by atoms with E-state index in [1.54, 1.807) is 37.6 Å². The predicted molar refractivity (Wildman–Crippen MR) is 299 cm³/mol. The summed E-state index contributed by atoms with van der Waals surface area (Å²) in [6.07, 6.45) is 3.11. The van der Waals surface area contributed by atoms with Gasteiger partial charge >= 0.3 is 5.97 Å². The van der Waals surface area contributed by atoms with Crippen LogP contribution in [0.2, 0.25) is 0 Å². The van der Waals surface area contributed by atoms with Gasteiger partial charge in [-0.15, -0.1) is 0 Å². The first-order chi connectivity index (χ1) is 38.7. The zero-order valence-corrected chi connectivity index (χ0v) is 50.1. The summed E-state index contributed by atoms with van der Waals surface area (Å²) in [4.78, 5) is 112. The molecular formula is C58H94N6O17. The summed E-state index contributed by atoms with van der Waals surface area (Å²) in [5.74, 6) is -4.36. The van der Waals surface area contributed by atoms with E-state index in [1.165, 1.54) is 45.4 Å². The SMILES string of the molecule is CCC(C)C(C(CC(=O)N1CCC[C@H]1C(OC)C(C)C(=O)NC(Cc1ccccc1)C(=O)OC)OC)N(C)C(=O)C(NC(=O)C(C)(C)N(C)C(=O)CCOCCOCCOCCOCCOCCOCCN1C(=O)C=CC1=O)C(C)C. The minimum absolute atomic E-state index is 0.00669. The van der Waals surface area contributed by atoms with Gasteiger partial charge in [-0.2, -0.15) is 0 Å². The van der Waals surface area contributed by atoms with E-state index in [9.17, 15) is 38.4 Å². The second kappa shape index (κ2) is 36.9. The number of benzene rings is 1. The van der Waals surface area contributed by atoms with Gasteiger partial charge in [0.05, 0.1) is 136 Å². The van der Waals surface area contributed by atoms with Crippen LogP contribution in [-0.2, 0) is 87.4 Å². The number of nitrogens with one attached hydrogen (secondary N) is 2. The van der Waals surface area contributed by atoms with Gasteiger partial charge < -0.3 is 68.0 Å². The number of hydrogen-bond donors (Lipinski definition) is 2. The Morgan fingerprint density at radius 1 is 0.728 bits per heavy atom. The molecule has 1 fully saturated rings. The summed E-state index contributed by atoms with van der Waals surface area (Å²) < 4.78 is 50.1. The van der Waals surface area contributed by atoms with Gasteiger partial charge in [-0.05, 0) is 44.1 Å². The monoisotopic (exact) mass is 1150 g/mol. The van der Waals surface area contributed by atoms with Crippen molar-refractivity contribution in [3.05, 3.63) is 48.0 Å². The summed E-state index contributed by atoms with van der Waals surface area (Å²) in [6.45, 7) is 17.0. The number of amides is 7. The van der Waals surface area contributed by atoms with Crippen molar-refractivity contribution in [3.63, 3.8) is 0 Å². The Morgan fingerprint density at radius 3 is 1.75 bits per heavy atom. The third kappa shape index (κ3) is 22.4. The maximum Gasteiger partial charge on any atom is 0.328 e. The minimum atomic E-state index is -1.35. The smallest absolute Gasteiger partial charge is 0.328 e. The summed E-state index contributed by atoms with van der Waals surface area (Å²) in [5.41, 5.74) is -0.503. The van der Waals surface area contributed by atoms with Crippen LogP contribution >= 0.6 is 0 Å². The van der Waals surface area contributed by atoms with Crippen LogP contribution in [-0.4, -0.2) is 237 Å². The Kier molecular flexibility index (Phi) is 31.9. The molecule has 23 heteroatoms. The topological polar surface area (TPSA) is 257 Å². The van der Waals surface area contributed by atoms with Crippen LogP contribution in [0.25, 0.3) is 0 Å². The number of carbonyl (C=O) groups is 8. The highest BCUT2D eigenvalue weighted by atomic mass is 16.6. The van der Waals surface area contributed by atoms with Crippen molar-refractivity contribution in [2.24, 2.45) is 17.8 Å². The molecule has 1 aromatic rings. The van der Waals surface area contributed by atoms with Crippen molar-refractivity contribution in [2.75, 3.05) is 128 Å². The Hall–Kier alpha value is -5.40. The van der Waals surface area contributed by atoms with E-state index in [2.05, 4.69) is 10.6 Å². The lowest BCUT2D eigenvalue weighted by atomic mass is 9.89. The number of likely N-dealkylation sites (tertiary alicyclic amines) is 1. The number of esters is 1.